The number of nitrogens with one attached hydrogen (secondary N) is 1. The molecule has 6 nitrogen and oxygen atoms in total. The van der Waals surface area contributed by atoms with Gasteiger partial charge in [0.1, 0.15) is 5.75 Å². The number of carbonyl (C=O) groups is 1. The number of amides is 1. The van der Waals surface area contributed by atoms with Gasteiger partial charge in [0.15, 0.2) is 0 Å². The number of likely N-dealkylation sites (N-methyl/N-ethyl adjacent to an activating group) is 1. The molecule has 0 saturated carbocycles. The van der Waals surface area contributed by atoms with Gasteiger partial charge in [-0.25, -0.2) is 0 Å². The third-order valence-electron chi connectivity index (χ3n) is 5.70. The van der Waals surface area contributed by atoms with Crippen molar-refractivity contribution in [1.29, 1.82) is 0 Å². The Balaban J connectivity index is 1.86. The largest absolute Gasteiger partial charge is 0.496 e. The summed E-state index contributed by atoms with van der Waals surface area (Å²) in [6, 6.07) is 16.2. The topological polar surface area (TPSA) is 65.0 Å². The van der Waals surface area contributed by atoms with Crippen LogP contribution in [0, 0.1) is 0 Å². The van der Waals surface area contributed by atoms with Crippen molar-refractivity contribution in [3.63, 3.8) is 0 Å². The predicted molar refractivity (Wildman–Crippen MR) is 120 cm³/mol. The van der Waals surface area contributed by atoms with E-state index in [4.69, 9.17) is 4.74 Å². The van der Waals surface area contributed by atoms with Gasteiger partial charge in [-0.2, -0.15) is 0 Å². The fraction of sp³-hybridized carbons (Fsp3) is 0.458. The molecule has 0 aliphatic carbocycles. The predicted octanol–water partition coefficient (Wildman–Crippen LogP) is 3.08. The van der Waals surface area contributed by atoms with Gasteiger partial charge >= 0.3 is 0 Å². The van der Waals surface area contributed by atoms with Gasteiger partial charge in [0.25, 0.3) is 5.91 Å². The Kier molecular flexibility index (Phi) is 7.71. The molecule has 1 fully saturated rings. The quantitative estimate of drug-likeness (QED) is 0.664. The van der Waals surface area contributed by atoms with Crippen molar-refractivity contribution in [2.24, 2.45) is 0 Å². The highest BCUT2D eigenvalue weighted by atomic mass is 16.5. The van der Waals surface area contributed by atoms with Gasteiger partial charge in [0.05, 0.1) is 24.8 Å². The first kappa shape index (κ1) is 22.1. The van der Waals surface area contributed by atoms with Crippen LogP contribution in [0.4, 0.5) is 5.69 Å². The van der Waals surface area contributed by atoms with Crippen molar-refractivity contribution < 1.29 is 14.6 Å². The number of hydrogen-bond donors (Lipinski definition) is 2. The fourth-order valence-electron chi connectivity index (χ4n) is 3.95. The highest BCUT2D eigenvalue weighted by Crippen LogP contribution is 2.31. The maximum Gasteiger partial charge on any atom is 0.255 e. The van der Waals surface area contributed by atoms with Crippen LogP contribution in [0.15, 0.2) is 48.5 Å². The van der Waals surface area contributed by atoms with Crippen LogP contribution in [-0.2, 0) is 0 Å². The molecule has 0 bridgehead atoms. The summed E-state index contributed by atoms with van der Waals surface area (Å²) < 4.78 is 5.54. The number of methoxy groups -OCH3 is 1. The lowest BCUT2D eigenvalue weighted by Crippen LogP contribution is -2.36. The van der Waals surface area contributed by atoms with Gasteiger partial charge in [0, 0.05) is 45.0 Å². The number of nitrogens with zero attached hydrogens (tertiary/aromatic N) is 2. The monoisotopic (exact) mass is 411 g/mol. The van der Waals surface area contributed by atoms with E-state index in [1.807, 2.05) is 31.2 Å². The molecule has 1 heterocycles. The molecule has 1 aliphatic heterocycles. The van der Waals surface area contributed by atoms with Crippen LogP contribution in [-0.4, -0.2) is 62.4 Å². The zero-order valence-corrected chi connectivity index (χ0v) is 18.2. The van der Waals surface area contributed by atoms with E-state index in [-0.39, 0.29) is 18.1 Å². The smallest absolute Gasteiger partial charge is 0.255 e. The third kappa shape index (κ3) is 5.32. The van der Waals surface area contributed by atoms with E-state index in [9.17, 15) is 9.90 Å². The molecule has 1 amide bonds. The van der Waals surface area contributed by atoms with Crippen molar-refractivity contribution in [2.45, 2.75) is 31.9 Å². The number of likely N-dealkylation sites (tertiary alicyclic amines) is 1. The molecule has 2 N–H and O–H groups in total. The van der Waals surface area contributed by atoms with E-state index in [2.05, 4.69) is 46.4 Å². The molecule has 1 aliphatic rings. The molecule has 0 spiro atoms. The van der Waals surface area contributed by atoms with Crippen LogP contribution >= 0.6 is 0 Å². The Labute approximate surface area is 179 Å². The van der Waals surface area contributed by atoms with Crippen molar-refractivity contribution >= 4 is 11.6 Å². The van der Waals surface area contributed by atoms with Gasteiger partial charge in [0.2, 0.25) is 0 Å². The molecule has 2 unspecified atom stereocenters. The molecule has 6 heteroatoms. The number of aliphatic hydroxyl groups is 1. The van der Waals surface area contributed by atoms with Crippen molar-refractivity contribution in [2.75, 3.05) is 45.2 Å². The first-order valence-electron chi connectivity index (χ1n) is 10.7. The van der Waals surface area contributed by atoms with Crippen molar-refractivity contribution in [1.82, 2.24) is 10.2 Å². The molecule has 30 heavy (non-hydrogen) atoms. The second-order valence-corrected chi connectivity index (χ2v) is 7.88. The van der Waals surface area contributed by atoms with Gasteiger partial charge < -0.3 is 20.1 Å². The Morgan fingerprint density at radius 2 is 2.07 bits per heavy atom. The van der Waals surface area contributed by atoms with E-state index >= 15 is 0 Å². The lowest BCUT2D eigenvalue weighted by Gasteiger charge is -2.34. The Morgan fingerprint density at radius 3 is 2.70 bits per heavy atom. The Morgan fingerprint density at radius 1 is 1.30 bits per heavy atom. The molecule has 0 radical (unpaired) electrons. The number of aliphatic hydroxyl groups excluding tert-OH is 1. The minimum Gasteiger partial charge on any atom is -0.496 e. The number of rotatable bonds is 9. The summed E-state index contributed by atoms with van der Waals surface area (Å²) in [5.74, 6) is 0.449. The number of β-amino-alcohol motifs (C(OH)–C–C–N with tert-alkyl or cyclic N) is 1. The summed E-state index contributed by atoms with van der Waals surface area (Å²) in [5.41, 5.74) is 2.74. The van der Waals surface area contributed by atoms with Crippen LogP contribution in [0.2, 0.25) is 0 Å². The van der Waals surface area contributed by atoms with Crippen LogP contribution < -0.4 is 15.0 Å². The molecular weight excluding hydrogens is 378 g/mol. The summed E-state index contributed by atoms with van der Waals surface area (Å²) in [4.78, 5) is 17.0. The van der Waals surface area contributed by atoms with E-state index in [0.29, 0.717) is 24.4 Å². The van der Waals surface area contributed by atoms with Crippen LogP contribution in [0.5, 0.6) is 5.75 Å². The number of ether oxygens (including phenoxy) is 1. The first-order valence-corrected chi connectivity index (χ1v) is 10.7. The van der Waals surface area contributed by atoms with E-state index in [1.54, 1.807) is 7.11 Å². The zero-order chi connectivity index (χ0) is 21.5. The number of benzene rings is 2. The lowest BCUT2D eigenvalue weighted by atomic mass is 10.0. The first-order chi connectivity index (χ1) is 14.5. The molecule has 1 saturated heterocycles. The average Bonchev–Trinajstić information content (AvgIpc) is 3.20. The van der Waals surface area contributed by atoms with Gasteiger partial charge in [-0.3, -0.25) is 9.69 Å². The highest BCUT2D eigenvalue weighted by molar-refractivity contribution is 5.97. The normalized spacial score (nSPS) is 17.5. The summed E-state index contributed by atoms with van der Waals surface area (Å²) >= 11 is 0. The Hall–Kier alpha value is -2.57. The van der Waals surface area contributed by atoms with Crippen molar-refractivity contribution in [3.05, 3.63) is 59.7 Å². The second-order valence-electron chi connectivity index (χ2n) is 7.88. The third-order valence-corrected chi connectivity index (χ3v) is 5.70. The van der Waals surface area contributed by atoms with Crippen molar-refractivity contribution in [3.8, 4) is 5.75 Å². The number of hydrogen-bond acceptors (Lipinski definition) is 5. The summed E-state index contributed by atoms with van der Waals surface area (Å²) in [7, 11) is 3.66. The zero-order valence-electron chi connectivity index (χ0n) is 18.2. The van der Waals surface area contributed by atoms with Gasteiger partial charge in [-0.15, -0.1) is 0 Å². The minimum atomic E-state index is -0.243. The standard InChI is InChI=1S/C24H33N3O3/c1-4-13-25-24(29)21-11-10-19(15-23(21)30-3)26(2)22(18-8-6-5-7-9-18)17-27-14-12-20(28)16-27/h5-11,15,20,22,28H,4,12-14,16-17H2,1-3H3,(H,25,29). The number of carbonyl (C=O) groups excluding carboxylic acids is 1. The maximum atomic E-state index is 12.4. The molecule has 2 aromatic rings. The molecule has 162 valence electrons. The number of anilines is 1. The summed E-state index contributed by atoms with van der Waals surface area (Å²) in [5, 5.41) is 12.9. The molecule has 2 atom stereocenters. The molecular formula is C24H33N3O3. The van der Waals surface area contributed by atoms with Gasteiger partial charge in [-0.1, -0.05) is 37.3 Å². The lowest BCUT2D eigenvalue weighted by molar-refractivity contribution is 0.0950. The van der Waals surface area contributed by atoms with Crippen LogP contribution in [0.25, 0.3) is 0 Å². The van der Waals surface area contributed by atoms with Crippen LogP contribution in [0.1, 0.15) is 41.7 Å². The van der Waals surface area contributed by atoms with E-state index in [0.717, 1.165) is 31.6 Å². The minimum absolute atomic E-state index is 0.112. The van der Waals surface area contributed by atoms with E-state index in [1.165, 1.54) is 5.56 Å². The van der Waals surface area contributed by atoms with Gasteiger partial charge in [-0.05, 0) is 30.5 Å². The molecule has 2 aromatic carbocycles. The maximum absolute atomic E-state index is 12.4. The molecule has 3 rings (SSSR count). The molecule has 0 aromatic heterocycles. The average molecular weight is 412 g/mol. The highest BCUT2D eigenvalue weighted by Gasteiger charge is 2.26. The van der Waals surface area contributed by atoms with Crippen LogP contribution in [0.3, 0.4) is 0 Å². The van der Waals surface area contributed by atoms with E-state index < -0.39 is 0 Å². The SMILES string of the molecule is CCCNC(=O)c1ccc(N(C)C(CN2CCC(O)C2)c2ccccc2)cc1OC. The second kappa shape index (κ2) is 10.5. The Bertz CT molecular complexity index is 828. The summed E-state index contributed by atoms with van der Waals surface area (Å²) in [6.07, 6.45) is 1.46. The fourth-order valence-corrected chi connectivity index (χ4v) is 3.95. The summed E-state index contributed by atoms with van der Waals surface area (Å²) in [6.45, 7) is 5.09.